The molecule has 0 radical (unpaired) electrons. The Balaban J connectivity index is 2.07. The zero-order chi connectivity index (χ0) is 17.3. The molecule has 0 atom stereocenters. The van der Waals surface area contributed by atoms with Gasteiger partial charge >= 0.3 is 5.91 Å². The molecule has 0 spiro atoms. The highest BCUT2D eigenvalue weighted by Crippen LogP contribution is 2.35. The van der Waals surface area contributed by atoms with Crippen molar-refractivity contribution in [2.45, 2.75) is 0 Å². The van der Waals surface area contributed by atoms with E-state index in [1.165, 1.54) is 26.4 Å². The lowest BCUT2D eigenvalue weighted by atomic mass is 10.1. The van der Waals surface area contributed by atoms with Crippen molar-refractivity contribution >= 4 is 23.1 Å². The van der Waals surface area contributed by atoms with E-state index >= 15 is 0 Å². The Labute approximate surface area is 138 Å². The summed E-state index contributed by atoms with van der Waals surface area (Å²) < 4.78 is 10.3. The van der Waals surface area contributed by atoms with Crippen LogP contribution in [0.5, 0.6) is 11.5 Å². The van der Waals surface area contributed by atoms with Crippen LogP contribution in [0.4, 0.5) is 5.69 Å². The third-order valence-corrected chi connectivity index (χ3v) is 3.72. The largest absolute Gasteiger partial charge is 0.502 e. The highest BCUT2D eigenvalue weighted by Gasteiger charge is 2.40. The summed E-state index contributed by atoms with van der Waals surface area (Å²) in [5.74, 6) is -1.10. The van der Waals surface area contributed by atoms with E-state index in [-0.39, 0.29) is 11.3 Å². The number of carbonyl (C=O) groups excluding carboxylic acids is 2. The van der Waals surface area contributed by atoms with E-state index in [4.69, 9.17) is 9.47 Å². The number of rotatable bonds is 4. The Kier molecular flexibility index (Phi) is 3.95. The molecule has 6 nitrogen and oxygen atoms in total. The first-order valence-corrected chi connectivity index (χ1v) is 7.17. The van der Waals surface area contributed by atoms with Crippen molar-refractivity contribution in [3.05, 3.63) is 59.9 Å². The monoisotopic (exact) mass is 325 g/mol. The molecule has 0 saturated carbocycles. The summed E-state index contributed by atoms with van der Waals surface area (Å²) >= 11 is 0. The first kappa shape index (κ1) is 15.6. The van der Waals surface area contributed by atoms with E-state index in [1.54, 1.807) is 36.4 Å². The molecule has 24 heavy (non-hydrogen) atoms. The van der Waals surface area contributed by atoms with Gasteiger partial charge in [-0.15, -0.1) is 0 Å². The molecule has 1 aliphatic rings. The van der Waals surface area contributed by atoms with Crippen molar-refractivity contribution in [3.63, 3.8) is 0 Å². The summed E-state index contributed by atoms with van der Waals surface area (Å²) in [6, 6.07) is 13.2. The molecule has 2 aromatic carbocycles. The van der Waals surface area contributed by atoms with Crippen molar-refractivity contribution in [2.75, 3.05) is 19.1 Å². The van der Waals surface area contributed by atoms with Gasteiger partial charge in [-0.1, -0.05) is 30.3 Å². The Morgan fingerprint density at radius 1 is 0.875 bits per heavy atom. The van der Waals surface area contributed by atoms with Crippen LogP contribution in [0.1, 0.15) is 5.56 Å². The molecule has 0 bridgehead atoms. The summed E-state index contributed by atoms with van der Waals surface area (Å²) in [7, 11) is 2.94. The maximum atomic E-state index is 12.7. The number of anilines is 1. The highest BCUT2D eigenvalue weighted by atomic mass is 16.5. The average molecular weight is 325 g/mol. The Hall–Kier alpha value is -3.28. The van der Waals surface area contributed by atoms with Gasteiger partial charge in [0.1, 0.15) is 11.5 Å². The summed E-state index contributed by atoms with van der Waals surface area (Å²) in [4.78, 5) is 26.1. The van der Waals surface area contributed by atoms with Crippen molar-refractivity contribution in [3.8, 4) is 11.5 Å². The number of imide groups is 1. The molecule has 1 heterocycles. The molecular weight excluding hydrogens is 310 g/mol. The minimum absolute atomic E-state index is 0.0256. The van der Waals surface area contributed by atoms with Crippen LogP contribution in [0.3, 0.4) is 0 Å². The quantitative estimate of drug-likeness (QED) is 0.874. The minimum Gasteiger partial charge on any atom is -0.502 e. The van der Waals surface area contributed by atoms with Crippen LogP contribution < -0.4 is 14.4 Å². The number of methoxy groups -OCH3 is 2. The van der Waals surface area contributed by atoms with Gasteiger partial charge in [0.25, 0.3) is 5.91 Å². The number of aliphatic hydroxyl groups is 1. The van der Waals surface area contributed by atoms with Crippen LogP contribution in [-0.2, 0) is 9.59 Å². The van der Waals surface area contributed by atoms with Crippen LogP contribution in [0.25, 0.3) is 5.57 Å². The lowest BCUT2D eigenvalue weighted by Crippen LogP contribution is -2.31. The number of aliphatic hydroxyl groups excluding tert-OH is 1. The zero-order valence-electron chi connectivity index (χ0n) is 13.1. The molecule has 3 rings (SSSR count). The molecular formula is C18H15NO5. The Morgan fingerprint density at radius 2 is 1.46 bits per heavy atom. The van der Waals surface area contributed by atoms with Gasteiger partial charge in [-0.25, -0.2) is 4.90 Å². The van der Waals surface area contributed by atoms with Gasteiger partial charge in [0.15, 0.2) is 5.76 Å². The van der Waals surface area contributed by atoms with Gasteiger partial charge in [0.05, 0.1) is 25.5 Å². The number of nitrogens with zero attached hydrogens (tertiary/aromatic N) is 1. The second-order valence-electron chi connectivity index (χ2n) is 5.11. The van der Waals surface area contributed by atoms with Gasteiger partial charge in [-0.2, -0.15) is 0 Å². The van der Waals surface area contributed by atoms with E-state index < -0.39 is 17.6 Å². The average Bonchev–Trinajstić information content (AvgIpc) is 2.84. The van der Waals surface area contributed by atoms with Crippen molar-refractivity contribution in [1.29, 1.82) is 0 Å². The summed E-state index contributed by atoms with van der Waals surface area (Å²) in [6.07, 6.45) is 0. The second kappa shape index (κ2) is 6.08. The number of hydrogen-bond acceptors (Lipinski definition) is 5. The smallest absolute Gasteiger partial charge is 0.301 e. The molecule has 2 amide bonds. The normalized spacial score (nSPS) is 14.3. The molecule has 0 saturated heterocycles. The van der Waals surface area contributed by atoms with E-state index in [9.17, 15) is 14.7 Å². The fraction of sp³-hybridized carbons (Fsp3) is 0.111. The van der Waals surface area contributed by atoms with Crippen LogP contribution in [0, 0.1) is 0 Å². The van der Waals surface area contributed by atoms with Crippen LogP contribution in [0.15, 0.2) is 54.3 Å². The second-order valence-corrected chi connectivity index (χ2v) is 5.11. The molecule has 0 unspecified atom stereocenters. The maximum Gasteiger partial charge on any atom is 0.301 e. The van der Waals surface area contributed by atoms with Gasteiger partial charge in [0, 0.05) is 18.2 Å². The van der Waals surface area contributed by atoms with Crippen LogP contribution in [-0.4, -0.2) is 31.1 Å². The topological polar surface area (TPSA) is 76.1 Å². The molecule has 0 aliphatic carbocycles. The molecule has 6 heteroatoms. The molecule has 2 aromatic rings. The lowest BCUT2D eigenvalue weighted by molar-refractivity contribution is -0.121. The first-order chi connectivity index (χ1) is 11.6. The predicted molar refractivity (Wildman–Crippen MR) is 88.0 cm³/mol. The number of benzene rings is 2. The third-order valence-electron chi connectivity index (χ3n) is 3.72. The van der Waals surface area contributed by atoms with Crippen molar-refractivity contribution in [2.24, 2.45) is 0 Å². The van der Waals surface area contributed by atoms with E-state index in [0.717, 1.165) is 4.90 Å². The summed E-state index contributed by atoms with van der Waals surface area (Å²) in [5, 5.41) is 10.2. The predicted octanol–water partition coefficient (Wildman–Crippen LogP) is 2.55. The fourth-order valence-corrected chi connectivity index (χ4v) is 2.54. The number of ether oxygens (including phenoxy) is 2. The zero-order valence-corrected chi connectivity index (χ0v) is 13.1. The van der Waals surface area contributed by atoms with E-state index in [0.29, 0.717) is 17.1 Å². The Bertz CT molecular complexity index is 819. The van der Waals surface area contributed by atoms with Gasteiger partial charge in [0.2, 0.25) is 0 Å². The number of carbonyl (C=O) groups is 2. The Morgan fingerprint density at radius 3 is 2.00 bits per heavy atom. The van der Waals surface area contributed by atoms with E-state index in [2.05, 4.69) is 0 Å². The first-order valence-electron chi connectivity index (χ1n) is 7.17. The standard InChI is InChI=1S/C18H15NO5/c1-23-13-8-12(9-14(10-13)24-2)19-17(21)15(16(20)18(19)22)11-6-4-3-5-7-11/h3-10,20H,1-2H3. The van der Waals surface area contributed by atoms with E-state index in [1.807, 2.05) is 0 Å². The summed E-state index contributed by atoms with van der Waals surface area (Å²) in [5.41, 5.74) is 0.715. The SMILES string of the molecule is COc1cc(OC)cc(N2C(=O)C(O)=C(c3ccccc3)C2=O)c1. The summed E-state index contributed by atoms with van der Waals surface area (Å²) in [6.45, 7) is 0. The highest BCUT2D eigenvalue weighted by molar-refractivity contribution is 6.44. The molecule has 0 fully saturated rings. The number of hydrogen-bond donors (Lipinski definition) is 1. The molecule has 1 aliphatic heterocycles. The van der Waals surface area contributed by atoms with Crippen molar-refractivity contribution in [1.82, 2.24) is 0 Å². The maximum absolute atomic E-state index is 12.7. The van der Waals surface area contributed by atoms with Crippen LogP contribution >= 0.6 is 0 Å². The fourth-order valence-electron chi connectivity index (χ4n) is 2.54. The third kappa shape index (κ3) is 2.48. The van der Waals surface area contributed by atoms with Gasteiger partial charge < -0.3 is 14.6 Å². The van der Waals surface area contributed by atoms with Gasteiger partial charge in [-0.3, -0.25) is 9.59 Å². The van der Waals surface area contributed by atoms with Gasteiger partial charge in [-0.05, 0) is 5.56 Å². The molecule has 122 valence electrons. The van der Waals surface area contributed by atoms with Crippen LogP contribution in [0.2, 0.25) is 0 Å². The molecule has 0 aromatic heterocycles. The lowest BCUT2D eigenvalue weighted by Gasteiger charge is -2.16. The van der Waals surface area contributed by atoms with Crippen molar-refractivity contribution < 1.29 is 24.2 Å². The number of amides is 2. The molecule has 1 N–H and O–H groups in total. The minimum atomic E-state index is -0.783.